The second-order valence-electron chi connectivity index (χ2n) is 5.33. The van der Waals surface area contributed by atoms with Crippen molar-refractivity contribution in [1.82, 2.24) is 10.6 Å². The largest absolute Gasteiger partial charge is 0.497 e. The van der Waals surface area contributed by atoms with Crippen LogP contribution in [0, 0.1) is 0 Å². The zero-order chi connectivity index (χ0) is 16.1. The molecule has 1 atom stereocenters. The summed E-state index contributed by atoms with van der Waals surface area (Å²) >= 11 is 1.65. The Morgan fingerprint density at radius 1 is 1.39 bits per heavy atom. The number of methoxy groups -OCH3 is 1. The summed E-state index contributed by atoms with van der Waals surface area (Å²) in [6, 6.07) is 9.83. The summed E-state index contributed by atoms with van der Waals surface area (Å²) in [6.07, 6.45) is 0. The molecule has 5 nitrogen and oxygen atoms in total. The summed E-state index contributed by atoms with van der Waals surface area (Å²) in [5.74, 6) is 0.836. The molecule has 1 aromatic heterocycles. The van der Waals surface area contributed by atoms with Crippen LogP contribution in [0.4, 0.5) is 0 Å². The van der Waals surface area contributed by atoms with Crippen molar-refractivity contribution in [2.45, 2.75) is 12.6 Å². The molecule has 6 heteroatoms. The van der Waals surface area contributed by atoms with Crippen molar-refractivity contribution in [3.63, 3.8) is 0 Å². The van der Waals surface area contributed by atoms with E-state index in [1.807, 2.05) is 24.3 Å². The summed E-state index contributed by atoms with van der Waals surface area (Å²) in [4.78, 5) is 13.2. The van der Waals surface area contributed by atoms with Crippen LogP contribution in [0.1, 0.15) is 4.88 Å². The number of carbonyl (C=O) groups is 1. The Hall–Kier alpha value is -1.89. The van der Waals surface area contributed by atoms with E-state index in [-0.39, 0.29) is 11.9 Å². The maximum atomic E-state index is 12.1. The Morgan fingerprint density at radius 3 is 2.91 bits per heavy atom. The molecule has 1 aromatic carbocycles. The van der Waals surface area contributed by atoms with Crippen LogP contribution in [-0.4, -0.2) is 38.8 Å². The van der Waals surface area contributed by atoms with E-state index in [9.17, 15) is 4.79 Å². The number of ether oxygens (including phenoxy) is 2. The van der Waals surface area contributed by atoms with Crippen LogP contribution < -0.4 is 15.4 Å². The first-order valence-electron chi connectivity index (χ1n) is 7.57. The van der Waals surface area contributed by atoms with Gasteiger partial charge in [0, 0.05) is 11.4 Å². The van der Waals surface area contributed by atoms with E-state index >= 15 is 0 Å². The lowest BCUT2D eigenvalue weighted by molar-refractivity contribution is -0.126. The van der Waals surface area contributed by atoms with Crippen LogP contribution in [0.3, 0.4) is 0 Å². The molecule has 1 aliphatic rings. The Bertz CT molecular complexity index is 648. The number of thiophene rings is 1. The molecule has 0 radical (unpaired) electrons. The molecule has 1 amide bonds. The summed E-state index contributed by atoms with van der Waals surface area (Å²) in [5, 5.41) is 8.21. The molecule has 0 saturated carbocycles. The van der Waals surface area contributed by atoms with E-state index in [2.05, 4.69) is 22.1 Å². The highest BCUT2D eigenvalue weighted by atomic mass is 32.1. The maximum absolute atomic E-state index is 12.1. The highest BCUT2D eigenvalue weighted by Crippen LogP contribution is 2.27. The summed E-state index contributed by atoms with van der Waals surface area (Å²) < 4.78 is 10.5. The molecule has 0 spiro atoms. The number of benzene rings is 1. The van der Waals surface area contributed by atoms with Crippen molar-refractivity contribution < 1.29 is 14.3 Å². The average molecular weight is 332 g/mol. The van der Waals surface area contributed by atoms with Crippen molar-refractivity contribution in [3.05, 3.63) is 40.6 Å². The van der Waals surface area contributed by atoms with Gasteiger partial charge in [0.25, 0.3) is 0 Å². The van der Waals surface area contributed by atoms with Crippen molar-refractivity contribution in [1.29, 1.82) is 0 Å². The van der Waals surface area contributed by atoms with Gasteiger partial charge in [-0.15, -0.1) is 11.3 Å². The van der Waals surface area contributed by atoms with E-state index in [1.54, 1.807) is 18.4 Å². The Kier molecular flexibility index (Phi) is 5.27. The maximum Gasteiger partial charge on any atom is 0.239 e. The molecule has 2 aromatic rings. The van der Waals surface area contributed by atoms with Crippen molar-refractivity contribution in [2.75, 3.05) is 26.9 Å². The van der Waals surface area contributed by atoms with Gasteiger partial charge >= 0.3 is 0 Å². The third-order valence-electron chi connectivity index (χ3n) is 3.75. The molecule has 1 fully saturated rings. The van der Waals surface area contributed by atoms with Crippen molar-refractivity contribution >= 4 is 17.2 Å². The van der Waals surface area contributed by atoms with Gasteiger partial charge in [-0.1, -0.05) is 12.1 Å². The molecule has 1 aliphatic heterocycles. The predicted molar refractivity (Wildman–Crippen MR) is 90.8 cm³/mol. The number of amides is 1. The minimum Gasteiger partial charge on any atom is -0.497 e. The van der Waals surface area contributed by atoms with Crippen LogP contribution in [0.15, 0.2) is 35.7 Å². The first-order valence-corrected chi connectivity index (χ1v) is 8.45. The molecule has 2 N–H and O–H groups in total. The van der Waals surface area contributed by atoms with Crippen LogP contribution in [0.25, 0.3) is 11.1 Å². The van der Waals surface area contributed by atoms with E-state index in [4.69, 9.17) is 9.47 Å². The lowest BCUT2D eigenvalue weighted by Gasteiger charge is -2.22. The fraction of sp³-hybridized carbons (Fsp3) is 0.353. The quantitative estimate of drug-likeness (QED) is 0.880. The van der Waals surface area contributed by atoms with E-state index < -0.39 is 0 Å². The van der Waals surface area contributed by atoms with E-state index in [1.165, 1.54) is 0 Å². The third-order valence-corrected chi connectivity index (χ3v) is 4.69. The third kappa shape index (κ3) is 4.10. The first kappa shape index (κ1) is 16.0. The number of hydrogen-bond acceptors (Lipinski definition) is 5. The van der Waals surface area contributed by atoms with Gasteiger partial charge in [0.2, 0.25) is 5.91 Å². The molecule has 3 rings (SSSR count). The number of carbonyl (C=O) groups excluding carboxylic acids is 1. The molecule has 0 bridgehead atoms. The fourth-order valence-electron chi connectivity index (χ4n) is 2.44. The SMILES string of the molecule is COc1ccc(-c2csc(CNC(=O)C3COCCN3)c2)cc1. The van der Waals surface area contributed by atoms with Gasteiger partial charge < -0.3 is 20.1 Å². The van der Waals surface area contributed by atoms with Crippen LogP contribution >= 0.6 is 11.3 Å². The van der Waals surface area contributed by atoms with Gasteiger partial charge in [-0.3, -0.25) is 4.79 Å². The average Bonchev–Trinajstić information content (AvgIpc) is 3.09. The summed E-state index contributed by atoms with van der Waals surface area (Å²) in [6.45, 7) is 2.36. The van der Waals surface area contributed by atoms with Gasteiger partial charge in [0.05, 0.1) is 26.9 Å². The second-order valence-corrected chi connectivity index (χ2v) is 6.33. The zero-order valence-corrected chi connectivity index (χ0v) is 13.8. The van der Waals surface area contributed by atoms with Crippen molar-refractivity contribution in [2.24, 2.45) is 0 Å². The smallest absolute Gasteiger partial charge is 0.239 e. The number of hydrogen-bond donors (Lipinski definition) is 2. The molecular formula is C17H20N2O3S. The second kappa shape index (κ2) is 7.59. The predicted octanol–water partition coefficient (Wildman–Crippen LogP) is 2.03. The molecule has 1 unspecified atom stereocenters. The molecule has 2 heterocycles. The van der Waals surface area contributed by atoms with Gasteiger partial charge in [-0.05, 0) is 34.7 Å². The van der Waals surface area contributed by atoms with Gasteiger partial charge in [-0.25, -0.2) is 0 Å². The summed E-state index contributed by atoms with van der Waals surface area (Å²) in [7, 11) is 1.66. The van der Waals surface area contributed by atoms with Gasteiger partial charge in [-0.2, -0.15) is 0 Å². The van der Waals surface area contributed by atoms with Gasteiger partial charge in [0.15, 0.2) is 0 Å². The number of rotatable bonds is 5. The highest BCUT2D eigenvalue weighted by Gasteiger charge is 2.20. The minimum atomic E-state index is -0.246. The lowest BCUT2D eigenvalue weighted by Crippen LogP contribution is -2.50. The minimum absolute atomic E-state index is 0.0101. The summed E-state index contributed by atoms with van der Waals surface area (Å²) in [5.41, 5.74) is 2.29. The molecule has 0 aliphatic carbocycles. The Morgan fingerprint density at radius 2 is 2.22 bits per heavy atom. The zero-order valence-electron chi connectivity index (χ0n) is 13.0. The normalized spacial score (nSPS) is 17.7. The monoisotopic (exact) mass is 332 g/mol. The van der Waals surface area contributed by atoms with Crippen molar-refractivity contribution in [3.8, 4) is 16.9 Å². The van der Waals surface area contributed by atoms with Crippen LogP contribution in [0.5, 0.6) is 5.75 Å². The number of morpholine rings is 1. The standard InChI is InChI=1S/C17H20N2O3S/c1-21-14-4-2-12(3-5-14)13-8-15(23-11-13)9-19-17(20)16-10-22-7-6-18-16/h2-5,8,11,16,18H,6-7,9-10H2,1H3,(H,19,20). The molecule has 122 valence electrons. The topological polar surface area (TPSA) is 59.6 Å². The first-order chi connectivity index (χ1) is 11.3. The van der Waals surface area contributed by atoms with Crippen LogP contribution in [-0.2, 0) is 16.1 Å². The highest BCUT2D eigenvalue weighted by molar-refractivity contribution is 7.10. The van der Waals surface area contributed by atoms with E-state index in [0.717, 1.165) is 28.3 Å². The Labute approximate surface area is 139 Å². The number of nitrogens with one attached hydrogen (secondary N) is 2. The lowest BCUT2D eigenvalue weighted by atomic mass is 10.1. The van der Waals surface area contributed by atoms with E-state index in [0.29, 0.717) is 19.8 Å². The van der Waals surface area contributed by atoms with Gasteiger partial charge in [0.1, 0.15) is 11.8 Å². The van der Waals surface area contributed by atoms with Crippen LogP contribution in [0.2, 0.25) is 0 Å². The molecular weight excluding hydrogens is 312 g/mol. The molecule has 23 heavy (non-hydrogen) atoms. The molecule has 1 saturated heterocycles. The fourth-order valence-corrected chi connectivity index (χ4v) is 3.27. The Balaban J connectivity index is 1.57.